The Hall–Kier alpha value is -5.02. The summed E-state index contributed by atoms with van der Waals surface area (Å²) >= 11 is 5.16. The lowest BCUT2D eigenvalue weighted by Gasteiger charge is -2.13. The molecule has 0 aliphatic rings. The molecule has 5 rings (SSSR count). The van der Waals surface area contributed by atoms with E-state index < -0.39 is 5.24 Å². The second-order valence-electron chi connectivity index (χ2n) is 9.08. The van der Waals surface area contributed by atoms with Gasteiger partial charge in [-0.2, -0.15) is 5.21 Å². The average molecular weight is 585 g/mol. The molecule has 1 aromatic heterocycles. The summed E-state index contributed by atoms with van der Waals surface area (Å²) in [6, 6.07) is 28.5. The fourth-order valence-corrected chi connectivity index (χ4v) is 4.02. The zero-order valence-electron chi connectivity index (χ0n) is 22.9. The topological polar surface area (TPSA) is 127 Å². The maximum atomic E-state index is 12.6. The van der Waals surface area contributed by atoms with Crippen LogP contribution >= 0.6 is 11.6 Å². The van der Waals surface area contributed by atoms with Crippen LogP contribution < -0.4 is 9.47 Å². The van der Waals surface area contributed by atoms with E-state index >= 15 is 0 Å². The molecule has 0 spiro atoms. The number of carbonyl (C=O) groups is 2. The van der Waals surface area contributed by atoms with Crippen molar-refractivity contribution in [1.82, 2.24) is 20.6 Å². The Morgan fingerprint density at radius 2 is 1.43 bits per heavy atom. The predicted molar refractivity (Wildman–Crippen MR) is 159 cm³/mol. The van der Waals surface area contributed by atoms with Gasteiger partial charge in [0, 0.05) is 22.3 Å². The molecule has 4 aromatic carbocycles. The van der Waals surface area contributed by atoms with Crippen LogP contribution in [0.1, 0.15) is 44.7 Å². The molecular weight excluding hydrogens is 556 g/mol. The molecule has 9 nitrogen and oxygen atoms in total. The number of H-pyrrole nitrogens is 1. The van der Waals surface area contributed by atoms with Crippen LogP contribution in [0.5, 0.6) is 17.2 Å². The van der Waals surface area contributed by atoms with Gasteiger partial charge in [0.05, 0.1) is 18.8 Å². The molecule has 1 heterocycles. The molecule has 0 saturated carbocycles. The second kappa shape index (κ2) is 15.1. The molecule has 0 amide bonds. The van der Waals surface area contributed by atoms with Crippen LogP contribution in [0, 0.1) is 6.92 Å². The molecular formula is C32H29ClN4O5. The number of tetrazole rings is 1. The zero-order chi connectivity index (χ0) is 29.7. The number of benzene rings is 4. The molecule has 214 valence electrons. The number of phenolic OH excluding ortho intramolecular Hbond substituents is 1. The fraction of sp³-hybridized carbons (Fsp3) is 0.156. The highest BCUT2D eigenvalue weighted by Gasteiger charge is 2.17. The first-order valence-electron chi connectivity index (χ1n) is 13.2. The average Bonchev–Trinajstić information content (AvgIpc) is 3.57. The van der Waals surface area contributed by atoms with Gasteiger partial charge in [0.1, 0.15) is 17.2 Å². The lowest BCUT2D eigenvalue weighted by Crippen LogP contribution is -2.05. The monoisotopic (exact) mass is 584 g/mol. The molecule has 0 aliphatic carbocycles. The highest BCUT2D eigenvalue weighted by atomic mass is 35.5. The number of ether oxygens (including phenoxy) is 2. The normalized spacial score (nSPS) is 10.3. The zero-order valence-corrected chi connectivity index (χ0v) is 23.6. The summed E-state index contributed by atoms with van der Waals surface area (Å²) in [5.74, 6) is 1.61. The summed E-state index contributed by atoms with van der Waals surface area (Å²) in [5.41, 5.74) is 2.75. The quantitative estimate of drug-likeness (QED) is 0.103. The summed E-state index contributed by atoms with van der Waals surface area (Å²) in [5, 5.41) is 24.0. The van der Waals surface area contributed by atoms with Gasteiger partial charge in [0.15, 0.2) is 5.78 Å². The molecule has 0 saturated heterocycles. The molecule has 0 radical (unpaired) electrons. The summed E-state index contributed by atoms with van der Waals surface area (Å²) in [4.78, 5) is 23.0. The van der Waals surface area contributed by atoms with Crippen molar-refractivity contribution in [3.8, 4) is 28.6 Å². The molecule has 5 aromatic rings. The number of halogens is 1. The van der Waals surface area contributed by atoms with E-state index in [2.05, 4.69) is 20.6 Å². The van der Waals surface area contributed by atoms with Crippen molar-refractivity contribution in [2.24, 2.45) is 0 Å². The van der Waals surface area contributed by atoms with Gasteiger partial charge in [-0.05, 0) is 73.0 Å². The van der Waals surface area contributed by atoms with Gasteiger partial charge in [-0.3, -0.25) is 9.59 Å². The van der Waals surface area contributed by atoms with Crippen LogP contribution in [0.3, 0.4) is 0 Å². The minimum Gasteiger partial charge on any atom is -0.507 e. The Labute approximate surface area is 248 Å². The largest absolute Gasteiger partial charge is 0.507 e. The maximum Gasteiger partial charge on any atom is 0.252 e. The van der Waals surface area contributed by atoms with Gasteiger partial charge in [0.2, 0.25) is 5.82 Å². The summed E-state index contributed by atoms with van der Waals surface area (Å²) in [7, 11) is 0. The van der Waals surface area contributed by atoms with E-state index in [4.69, 9.17) is 21.1 Å². The summed E-state index contributed by atoms with van der Waals surface area (Å²) < 4.78 is 11.6. The molecule has 0 aliphatic heterocycles. The third-order valence-electron chi connectivity index (χ3n) is 6.19. The van der Waals surface area contributed by atoms with E-state index in [1.165, 1.54) is 0 Å². The molecule has 2 N–H and O–H groups in total. The number of aromatic amines is 1. The van der Waals surface area contributed by atoms with E-state index in [1.807, 2.05) is 36.4 Å². The number of nitrogens with one attached hydrogen (secondary N) is 1. The Morgan fingerprint density at radius 3 is 2.00 bits per heavy atom. The number of unbranched alkanes of at least 4 members (excludes halogenated alkanes) is 1. The number of rotatable bonds is 11. The minimum atomic E-state index is -0.407. The van der Waals surface area contributed by atoms with Crippen LogP contribution in [-0.2, 0) is 0 Å². The number of aromatic hydroxyl groups is 1. The van der Waals surface area contributed by atoms with E-state index in [1.54, 1.807) is 67.6 Å². The van der Waals surface area contributed by atoms with Crippen molar-refractivity contribution in [2.75, 3.05) is 13.2 Å². The van der Waals surface area contributed by atoms with E-state index in [-0.39, 0.29) is 17.1 Å². The number of hydrogen-bond acceptors (Lipinski definition) is 8. The highest BCUT2D eigenvalue weighted by Crippen LogP contribution is 2.32. The third kappa shape index (κ3) is 8.25. The van der Waals surface area contributed by atoms with Crippen molar-refractivity contribution in [2.45, 2.75) is 19.8 Å². The lowest BCUT2D eigenvalue weighted by atomic mass is 10.00. The van der Waals surface area contributed by atoms with Gasteiger partial charge in [-0.1, -0.05) is 60.7 Å². The van der Waals surface area contributed by atoms with Gasteiger partial charge < -0.3 is 14.6 Å². The van der Waals surface area contributed by atoms with Crippen LogP contribution in [0.15, 0.2) is 97.1 Å². The fourth-order valence-electron chi connectivity index (χ4n) is 3.90. The Kier molecular flexibility index (Phi) is 10.8. The third-order valence-corrected chi connectivity index (χ3v) is 6.40. The Morgan fingerprint density at radius 1 is 0.810 bits per heavy atom. The molecule has 0 atom stereocenters. The lowest BCUT2D eigenvalue weighted by molar-refractivity contribution is 0.103. The maximum absolute atomic E-state index is 12.6. The molecule has 0 unspecified atom stereocenters. The molecule has 10 heteroatoms. The Balaban J connectivity index is 0.000000385. The van der Waals surface area contributed by atoms with E-state index in [0.717, 1.165) is 24.2 Å². The standard InChI is InChI=1S/C25H24N4O4.C7H5ClO/c1-17-22(14-13-21(23(17)30)24(31)18-7-3-2-4-8-18)33-16-6-5-15-32-20-11-9-19(10-12-20)25-26-28-29-27-25;8-7(9)6-4-2-1-3-5-6/h2-4,7-14,30H,5-6,15-16H2,1H3,(H,26,27,28,29);1-5H. The highest BCUT2D eigenvalue weighted by molar-refractivity contribution is 6.67. The van der Waals surface area contributed by atoms with Crippen LogP contribution in [0.2, 0.25) is 0 Å². The molecule has 0 bridgehead atoms. The Bertz CT molecular complexity index is 1580. The number of hydrogen-bond donors (Lipinski definition) is 2. The molecule has 42 heavy (non-hydrogen) atoms. The van der Waals surface area contributed by atoms with E-state index in [0.29, 0.717) is 41.5 Å². The number of carbonyl (C=O) groups excluding carboxylic acids is 2. The summed E-state index contributed by atoms with van der Waals surface area (Å²) in [6.45, 7) is 2.78. The van der Waals surface area contributed by atoms with Crippen molar-refractivity contribution in [3.05, 3.63) is 119 Å². The first kappa shape index (κ1) is 30.0. The first-order valence-corrected chi connectivity index (χ1v) is 13.6. The number of nitrogens with zero attached hydrogens (tertiary/aromatic N) is 3. The second-order valence-corrected chi connectivity index (χ2v) is 9.43. The SMILES string of the molecule is Cc1c(OCCCCOc2ccc(-c3nn[nH]n3)cc2)ccc(C(=O)c2ccccc2)c1O.O=C(Cl)c1ccccc1. The van der Waals surface area contributed by atoms with E-state index in [9.17, 15) is 14.7 Å². The number of ketones is 1. The van der Waals surface area contributed by atoms with Crippen molar-refractivity contribution in [3.63, 3.8) is 0 Å². The van der Waals surface area contributed by atoms with Crippen LogP contribution in [0.25, 0.3) is 11.4 Å². The van der Waals surface area contributed by atoms with Crippen LogP contribution in [-0.4, -0.2) is 50.0 Å². The van der Waals surface area contributed by atoms with Crippen molar-refractivity contribution < 1.29 is 24.2 Å². The minimum absolute atomic E-state index is 0.0473. The van der Waals surface area contributed by atoms with Crippen LogP contribution in [0.4, 0.5) is 0 Å². The summed E-state index contributed by atoms with van der Waals surface area (Å²) in [6.07, 6.45) is 1.59. The smallest absolute Gasteiger partial charge is 0.252 e. The molecule has 0 fully saturated rings. The van der Waals surface area contributed by atoms with Gasteiger partial charge >= 0.3 is 0 Å². The van der Waals surface area contributed by atoms with Gasteiger partial charge in [0.25, 0.3) is 5.24 Å². The predicted octanol–water partition coefficient (Wildman–Crippen LogP) is 6.42. The number of phenols is 1. The van der Waals surface area contributed by atoms with Crippen molar-refractivity contribution in [1.29, 1.82) is 0 Å². The van der Waals surface area contributed by atoms with Gasteiger partial charge in [-0.25, -0.2) is 0 Å². The number of aromatic nitrogens is 4. The van der Waals surface area contributed by atoms with Crippen molar-refractivity contribution >= 4 is 22.6 Å². The van der Waals surface area contributed by atoms with Gasteiger partial charge in [-0.15, -0.1) is 10.2 Å². The first-order chi connectivity index (χ1) is 20.4.